The van der Waals surface area contributed by atoms with Gasteiger partial charge in [-0.25, -0.2) is 9.69 Å². The van der Waals surface area contributed by atoms with Gasteiger partial charge in [-0.1, -0.05) is 19.9 Å². The van der Waals surface area contributed by atoms with Crippen molar-refractivity contribution in [1.29, 1.82) is 0 Å². The van der Waals surface area contributed by atoms with E-state index in [0.717, 1.165) is 12.8 Å². The number of carbonyl (C=O) groups is 2. The molecule has 1 aliphatic heterocycles. The number of cyclic esters (lactones) is 1. The van der Waals surface area contributed by atoms with E-state index in [1.54, 1.807) is 13.8 Å². The number of imide groups is 1. The normalized spacial score (nSPS) is 22.5. The summed E-state index contributed by atoms with van der Waals surface area (Å²) in [5, 5.41) is 0. The SMILES string of the molecule is C=C(CCCC)C(=O)N1C(=O)OC(C)(C)[C@@H]1C. The van der Waals surface area contributed by atoms with E-state index in [9.17, 15) is 9.59 Å². The van der Waals surface area contributed by atoms with Crippen LogP contribution in [0.25, 0.3) is 0 Å². The Morgan fingerprint density at radius 2 is 2.12 bits per heavy atom. The Balaban J connectivity index is 2.76. The highest BCUT2D eigenvalue weighted by Crippen LogP contribution is 2.30. The Morgan fingerprint density at radius 3 is 2.53 bits per heavy atom. The maximum absolute atomic E-state index is 12.1. The van der Waals surface area contributed by atoms with Crippen LogP contribution < -0.4 is 0 Å². The zero-order chi connectivity index (χ0) is 13.2. The first kappa shape index (κ1) is 13.7. The molecule has 4 heteroatoms. The van der Waals surface area contributed by atoms with Crippen molar-refractivity contribution in [3.05, 3.63) is 12.2 Å². The summed E-state index contributed by atoms with van der Waals surface area (Å²) in [5.41, 5.74) is -0.147. The molecule has 0 N–H and O–H groups in total. The first-order valence-corrected chi connectivity index (χ1v) is 6.05. The minimum atomic E-state index is -0.627. The van der Waals surface area contributed by atoms with Gasteiger partial charge in [0.25, 0.3) is 5.91 Å². The third kappa shape index (κ3) is 2.68. The van der Waals surface area contributed by atoms with Gasteiger partial charge in [-0.3, -0.25) is 4.79 Å². The topological polar surface area (TPSA) is 46.6 Å². The molecule has 96 valence electrons. The standard InChI is InChI=1S/C13H21NO3/c1-6-7-8-9(2)11(15)14-10(3)13(4,5)17-12(14)16/h10H,2,6-8H2,1,3-5H3/t10-/m0/s1. The Bertz CT molecular complexity index is 347. The second-order valence-electron chi connectivity index (χ2n) is 5.03. The number of hydrogen-bond acceptors (Lipinski definition) is 3. The smallest absolute Gasteiger partial charge is 0.417 e. The number of carbonyl (C=O) groups excluding carboxylic acids is 2. The molecular formula is C13H21NO3. The molecule has 0 aliphatic carbocycles. The molecule has 1 fully saturated rings. The summed E-state index contributed by atoms with van der Waals surface area (Å²) in [4.78, 5) is 24.9. The molecule has 0 spiro atoms. The highest BCUT2D eigenvalue weighted by atomic mass is 16.6. The van der Waals surface area contributed by atoms with Gasteiger partial charge >= 0.3 is 6.09 Å². The lowest BCUT2D eigenvalue weighted by Crippen LogP contribution is -2.43. The third-order valence-electron chi connectivity index (χ3n) is 3.29. The van der Waals surface area contributed by atoms with Crippen LogP contribution in [-0.4, -0.2) is 28.5 Å². The van der Waals surface area contributed by atoms with Crippen LogP contribution in [0.3, 0.4) is 0 Å². The molecule has 17 heavy (non-hydrogen) atoms. The predicted molar refractivity (Wildman–Crippen MR) is 65.5 cm³/mol. The van der Waals surface area contributed by atoms with E-state index >= 15 is 0 Å². The Hall–Kier alpha value is -1.32. The van der Waals surface area contributed by atoms with Crippen LogP contribution in [0, 0.1) is 0 Å². The van der Waals surface area contributed by atoms with Gasteiger partial charge in [0.05, 0.1) is 6.04 Å². The predicted octanol–water partition coefficient (Wildman–Crippen LogP) is 2.88. The number of unbranched alkanes of at least 4 members (excludes halogenated alkanes) is 1. The van der Waals surface area contributed by atoms with Gasteiger partial charge in [0, 0.05) is 5.57 Å². The summed E-state index contributed by atoms with van der Waals surface area (Å²) in [6.07, 6.45) is 1.97. The number of amides is 2. The van der Waals surface area contributed by atoms with Crippen LogP contribution in [-0.2, 0) is 9.53 Å². The van der Waals surface area contributed by atoms with E-state index in [1.165, 1.54) is 4.90 Å². The van der Waals surface area contributed by atoms with Gasteiger partial charge in [-0.15, -0.1) is 0 Å². The minimum Gasteiger partial charge on any atom is -0.441 e. The van der Waals surface area contributed by atoms with E-state index in [2.05, 4.69) is 6.58 Å². The minimum absolute atomic E-state index is 0.263. The second kappa shape index (κ2) is 4.90. The van der Waals surface area contributed by atoms with E-state index in [4.69, 9.17) is 4.74 Å². The molecule has 0 aromatic heterocycles. The molecule has 0 saturated carbocycles. The van der Waals surface area contributed by atoms with E-state index in [0.29, 0.717) is 12.0 Å². The molecule has 1 rings (SSSR count). The van der Waals surface area contributed by atoms with E-state index < -0.39 is 11.7 Å². The molecule has 0 aromatic rings. The van der Waals surface area contributed by atoms with Crippen molar-refractivity contribution in [3.8, 4) is 0 Å². The highest BCUT2D eigenvalue weighted by molar-refractivity contribution is 6.03. The van der Waals surface area contributed by atoms with Crippen molar-refractivity contribution >= 4 is 12.0 Å². The van der Waals surface area contributed by atoms with Gasteiger partial charge in [-0.2, -0.15) is 0 Å². The Morgan fingerprint density at radius 1 is 1.53 bits per heavy atom. The lowest BCUT2D eigenvalue weighted by Gasteiger charge is -2.24. The fraction of sp³-hybridized carbons (Fsp3) is 0.692. The maximum Gasteiger partial charge on any atom is 0.417 e. The first-order chi connectivity index (χ1) is 7.81. The summed E-state index contributed by atoms with van der Waals surface area (Å²) < 4.78 is 5.17. The lowest BCUT2D eigenvalue weighted by molar-refractivity contribution is -0.125. The van der Waals surface area contributed by atoms with Gasteiger partial charge in [0.2, 0.25) is 0 Å². The molecule has 1 atom stereocenters. The van der Waals surface area contributed by atoms with Crippen LogP contribution in [0.15, 0.2) is 12.2 Å². The molecule has 0 radical (unpaired) electrons. The Kier molecular flexibility index (Phi) is 3.96. The fourth-order valence-corrected chi connectivity index (χ4v) is 1.75. The van der Waals surface area contributed by atoms with E-state index in [1.807, 2.05) is 13.8 Å². The third-order valence-corrected chi connectivity index (χ3v) is 3.29. The van der Waals surface area contributed by atoms with Gasteiger partial charge in [0.15, 0.2) is 0 Å². The summed E-state index contributed by atoms with van der Waals surface area (Å²) in [7, 11) is 0. The molecule has 1 saturated heterocycles. The summed E-state index contributed by atoms with van der Waals surface area (Å²) in [6.45, 7) is 11.2. The maximum atomic E-state index is 12.1. The fourth-order valence-electron chi connectivity index (χ4n) is 1.75. The molecular weight excluding hydrogens is 218 g/mol. The number of rotatable bonds is 4. The zero-order valence-electron chi connectivity index (χ0n) is 11.1. The first-order valence-electron chi connectivity index (χ1n) is 6.05. The van der Waals surface area contributed by atoms with Crippen LogP contribution in [0.5, 0.6) is 0 Å². The molecule has 0 unspecified atom stereocenters. The highest BCUT2D eigenvalue weighted by Gasteiger charge is 2.48. The largest absolute Gasteiger partial charge is 0.441 e. The number of nitrogens with zero attached hydrogens (tertiary/aromatic N) is 1. The number of hydrogen-bond donors (Lipinski definition) is 0. The molecule has 2 amide bonds. The molecule has 0 aromatic carbocycles. The number of ether oxygens (including phenoxy) is 1. The van der Waals surface area contributed by atoms with Crippen LogP contribution in [0.4, 0.5) is 4.79 Å². The molecule has 0 bridgehead atoms. The quantitative estimate of drug-likeness (QED) is 0.709. The second-order valence-corrected chi connectivity index (χ2v) is 5.03. The lowest BCUT2D eigenvalue weighted by atomic mass is 10.00. The summed E-state index contributed by atoms with van der Waals surface area (Å²) in [6, 6.07) is -0.263. The van der Waals surface area contributed by atoms with Crippen molar-refractivity contribution in [2.75, 3.05) is 0 Å². The summed E-state index contributed by atoms with van der Waals surface area (Å²) >= 11 is 0. The van der Waals surface area contributed by atoms with Gasteiger partial charge in [-0.05, 0) is 33.6 Å². The van der Waals surface area contributed by atoms with Crippen molar-refractivity contribution < 1.29 is 14.3 Å². The van der Waals surface area contributed by atoms with Crippen molar-refractivity contribution in [3.63, 3.8) is 0 Å². The Labute approximate surface area is 103 Å². The average molecular weight is 239 g/mol. The van der Waals surface area contributed by atoms with Gasteiger partial charge in [0.1, 0.15) is 5.60 Å². The van der Waals surface area contributed by atoms with E-state index in [-0.39, 0.29) is 11.9 Å². The van der Waals surface area contributed by atoms with Crippen molar-refractivity contribution in [1.82, 2.24) is 4.90 Å². The zero-order valence-corrected chi connectivity index (χ0v) is 11.1. The van der Waals surface area contributed by atoms with Crippen LogP contribution >= 0.6 is 0 Å². The monoisotopic (exact) mass is 239 g/mol. The molecule has 1 heterocycles. The van der Waals surface area contributed by atoms with Crippen LogP contribution in [0.1, 0.15) is 47.0 Å². The van der Waals surface area contributed by atoms with Gasteiger partial charge < -0.3 is 4.74 Å². The average Bonchev–Trinajstić information content (AvgIpc) is 2.44. The summed E-state index contributed by atoms with van der Waals surface area (Å²) in [5.74, 6) is -0.304. The molecule has 1 aliphatic rings. The molecule has 4 nitrogen and oxygen atoms in total. The van der Waals surface area contributed by atoms with Crippen LogP contribution in [0.2, 0.25) is 0 Å². The van der Waals surface area contributed by atoms with Crippen molar-refractivity contribution in [2.45, 2.75) is 58.6 Å². The van der Waals surface area contributed by atoms with Crippen molar-refractivity contribution in [2.24, 2.45) is 0 Å².